The van der Waals surface area contributed by atoms with Gasteiger partial charge in [-0.1, -0.05) is 28.1 Å². The number of hydrogen-bond acceptors (Lipinski definition) is 3. The fourth-order valence-corrected chi connectivity index (χ4v) is 2.77. The molecule has 0 fully saturated rings. The summed E-state index contributed by atoms with van der Waals surface area (Å²) in [6.07, 6.45) is 0. The number of para-hydroxylation sites is 1. The van der Waals surface area contributed by atoms with E-state index >= 15 is 0 Å². The fourth-order valence-electron chi connectivity index (χ4n) is 1.42. The zero-order valence-electron chi connectivity index (χ0n) is 8.94. The average molecular weight is 298 g/mol. The molecule has 2 aromatic rings. The minimum Gasteiger partial charge on any atom is -0.493 e. The van der Waals surface area contributed by atoms with E-state index in [2.05, 4.69) is 26.3 Å². The number of alkyl halides is 1. The van der Waals surface area contributed by atoms with E-state index in [0.29, 0.717) is 6.61 Å². The number of ether oxygens (including phenoxy) is 1. The average Bonchev–Trinajstić information content (AvgIpc) is 2.79. The molecule has 0 atom stereocenters. The van der Waals surface area contributed by atoms with Gasteiger partial charge >= 0.3 is 0 Å². The molecule has 1 aromatic heterocycles. The van der Waals surface area contributed by atoms with Crippen molar-refractivity contribution in [2.75, 3.05) is 6.61 Å². The summed E-state index contributed by atoms with van der Waals surface area (Å²) < 4.78 is 5.59. The first-order valence-corrected chi connectivity index (χ1v) is 7.07. The van der Waals surface area contributed by atoms with Gasteiger partial charge in [-0.2, -0.15) is 0 Å². The predicted octanol–water partition coefficient (Wildman–Crippen LogP) is 4.10. The Bertz CT molecular complexity index is 470. The van der Waals surface area contributed by atoms with Crippen LogP contribution in [-0.4, -0.2) is 11.6 Å². The monoisotopic (exact) mass is 297 g/mol. The van der Waals surface area contributed by atoms with Crippen LogP contribution in [0.25, 0.3) is 10.6 Å². The van der Waals surface area contributed by atoms with Crippen molar-refractivity contribution in [3.63, 3.8) is 0 Å². The molecule has 0 aliphatic rings. The number of benzene rings is 1. The summed E-state index contributed by atoms with van der Waals surface area (Å²) in [6.45, 7) is 2.66. The second-order valence-corrected chi connectivity index (χ2v) is 4.63. The van der Waals surface area contributed by atoms with Gasteiger partial charge in [-0.25, -0.2) is 4.98 Å². The highest BCUT2D eigenvalue weighted by atomic mass is 79.9. The summed E-state index contributed by atoms with van der Waals surface area (Å²) in [5, 5.41) is 3.87. The van der Waals surface area contributed by atoms with Gasteiger partial charge in [0, 0.05) is 10.7 Å². The van der Waals surface area contributed by atoms with Crippen molar-refractivity contribution >= 4 is 27.3 Å². The van der Waals surface area contributed by atoms with Gasteiger partial charge in [0.25, 0.3) is 0 Å². The molecule has 0 saturated carbocycles. The molecule has 0 N–H and O–H groups in total. The second kappa shape index (κ2) is 5.46. The summed E-state index contributed by atoms with van der Waals surface area (Å²) in [5.74, 6) is 0.903. The molecule has 2 nitrogen and oxygen atoms in total. The maximum absolute atomic E-state index is 5.59. The Balaban J connectivity index is 2.38. The number of thiazole rings is 1. The van der Waals surface area contributed by atoms with E-state index in [1.807, 2.05) is 31.2 Å². The van der Waals surface area contributed by atoms with Gasteiger partial charge in [0.1, 0.15) is 10.8 Å². The Hall–Kier alpha value is -0.870. The Morgan fingerprint density at radius 1 is 1.38 bits per heavy atom. The zero-order chi connectivity index (χ0) is 11.4. The summed E-state index contributed by atoms with van der Waals surface area (Å²) in [6, 6.07) is 8.01. The molecule has 16 heavy (non-hydrogen) atoms. The number of hydrogen-bond donors (Lipinski definition) is 0. The Morgan fingerprint density at radius 3 is 2.88 bits per heavy atom. The van der Waals surface area contributed by atoms with Gasteiger partial charge in [-0.3, -0.25) is 0 Å². The molecule has 1 heterocycles. The molecule has 0 bridgehead atoms. The topological polar surface area (TPSA) is 22.1 Å². The highest BCUT2D eigenvalue weighted by molar-refractivity contribution is 9.08. The van der Waals surface area contributed by atoms with Crippen molar-refractivity contribution < 1.29 is 4.74 Å². The molecular weight excluding hydrogens is 286 g/mol. The summed E-state index contributed by atoms with van der Waals surface area (Å²) in [4.78, 5) is 4.53. The first-order chi connectivity index (χ1) is 7.85. The van der Waals surface area contributed by atoms with Crippen molar-refractivity contribution in [3.05, 3.63) is 35.3 Å². The van der Waals surface area contributed by atoms with Gasteiger partial charge in [0.2, 0.25) is 0 Å². The number of rotatable bonds is 4. The molecule has 84 valence electrons. The quantitative estimate of drug-likeness (QED) is 0.793. The normalized spacial score (nSPS) is 10.4. The van der Waals surface area contributed by atoms with Crippen LogP contribution in [0.2, 0.25) is 0 Å². The van der Waals surface area contributed by atoms with E-state index in [-0.39, 0.29) is 0 Å². The van der Waals surface area contributed by atoms with Crippen LogP contribution < -0.4 is 4.74 Å². The van der Waals surface area contributed by atoms with Gasteiger partial charge in [-0.15, -0.1) is 11.3 Å². The minimum atomic E-state index is 0.674. The van der Waals surface area contributed by atoms with Crippen LogP contribution in [0.3, 0.4) is 0 Å². The molecule has 0 unspecified atom stereocenters. The molecule has 0 aliphatic heterocycles. The van der Waals surface area contributed by atoms with Crippen molar-refractivity contribution in [3.8, 4) is 16.3 Å². The molecule has 4 heteroatoms. The minimum absolute atomic E-state index is 0.674. The third kappa shape index (κ3) is 2.44. The molecule has 0 amide bonds. The van der Waals surface area contributed by atoms with Crippen LogP contribution in [0, 0.1) is 0 Å². The maximum atomic E-state index is 5.59. The van der Waals surface area contributed by atoms with Crippen molar-refractivity contribution in [1.82, 2.24) is 4.98 Å². The molecular formula is C12H12BrNOS. The molecule has 0 radical (unpaired) electrons. The molecule has 0 aliphatic carbocycles. The van der Waals surface area contributed by atoms with E-state index in [1.165, 1.54) is 0 Å². The summed E-state index contributed by atoms with van der Waals surface area (Å²) >= 11 is 5.05. The largest absolute Gasteiger partial charge is 0.493 e. The SMILES string of the molecule is CCOc1ccccc1-c1nc(CBr)cs1. The first kappa shape index (κ1) is 11.6. The standard InChI is InChI=1S/C12H12BrNOS/c1-2-15-11-6-4-3-5-10(11)12-14-9(7-13)8-16-12/h3-6,8H,2,7H2,1H3. The third-order valence-corrected chi connectivity index (χ3v) is 3.60. The van der Waals surface area contributed by atoms with E-state index in [0.717, 1.165) is 27.3 Å². The van der Waals surface area contributed by atoms with Crippen molar-refractivity contribution in [1.29, 1.82) is 0 Å². The van der Waals surface area contributed by atoms with E-state index in [4.69, 9.17) is 4.74 Å². The van der Waals surface area contributed by atoms with Gasteiger partial charge in [0.05, 0.1) is 17.9 Å². The van der Waals surface area contributed by atoms with Crippen molar-refractivity contribution in [2.45, 2.75) is 12.3 Å². The fraction of sp³-hybridized carbons (Fsp3) is 0.250. The lowest BCUT2D eigenvalue weighted by molar-refractivity contribution is 0.341. The van der Waals surface area contributed by atoms with Crippen LogP contribution in [0.15, 0.2) is 29.6 Å². The summed E-state index contributed by atoms with van der Waals surface area (Å²) in [5.41, 5.74) is 2.13. The van der Waals surface area contributed by atoms with Crippen LogP contribution in [0.1, 0.15) is 12.6 Å². The lowest BCUT2D eigenvalue weighted by Gasteiger charge is -2.07. The summed E-state index contributed by atoms with van der Waals surface area (Å²) in [7, 11) is 0. The molecule has 2 rings (SSSR count). The Morgan fingerprint density at radius 2 is 2.19 bits per heavy atom. The lowest BCUT2D eigenvalue weighted by atomic mass is 10.2. The van der Waals surface area contributed by atoms with Crippen molar-refractivity contribution in [2.24, 2.45) is 0 Å². The van der Waals surface area contributed by atoms with Crippen LogP contribution >= 0.6 is 27.3 Å². The molecule has 0 spiro atoms. The second-order valence-electron chi connectivity index (χ2n) is 3.21. The van der Waals surface area contributed by atoms with Crippen LogP contribution in [-0.2, 0) is 5.33 Å². The van der Waals surface area contributed by atoms with E-state index < -0.39 is 0 Å². The smallest absolute Gasteiger partial charge is 0.129 e. The van der Waals surface area contributed by atoms with E-state index in [9.17, 15) is 0 Å². The third-order valence-electron chi connectivity index (χ3n) is 2.11. The highest BCUT2D eigenvalue weighted by Crippen LogP contribution is 2.32. The van der Waals surface area contributed by atoms with Gasteiger partial charge in [0.15, 0.2) is 0 Å². The predicted molar refractivity (Wildman–Crippen MR) is 71.4 cm³/mol. The number of halogens is 1. The highest BCUT2D eigenvalue weighted by Gasteiger charge is 2.09. The first-order valence-electron chi connectivity index (χ1n) is 5.07. The van der Waals surface area contributed by atoms with E-state index in [1.54, 1.807) is 11.3 Å². The van der Waals surface area contributed by atoms with Crippen LogP contribution in [0.5, 0.6) is 5.75 Å². The molecule has 1 aromatic carbocycles. The van der Waals surface area contributed by atoms with Crippen LogP contribution in [0.4, 0.5) is 0 Å². The van der Waals surface area contributed by atoms with Gasteiger partial charge < -0.3 is 4.74 Å². The Kier molecular flexibility index (Phi) is 3.96. The maximum Gasteiger partial charge on any atom is 0.129 e. The molecule has 0 saturated heterocycles. The van der Waals surface area contributed by atoms with Gasteiger partial charge in [-0.05, 0) is 19.1 Å². The number of nitrogens with zero attached hydrogens (tertiary/aromatic N) is 1. The lowest BCUT2D eigenvalue weighted by Crippen LogP contribution is -1.93. The number of aromatic nitrogens is 1. The zero-order valence-corrected chi connectivity index (χ0v) is 11.3. The Labute approximate surface area is 107 Å².